The summed E-state index contributed by atoms with van der Waals surface area (Å²) in [6.45, 7) is 2.03. The van der Waals surface area contributed by atoms with Gasteiger partial charge < -0.3 is 4.42 Å². The molecule has 3 heteroatoms. The highest BCUT2D eigenvalue weighted by Crippen LogP contribution is 2.12. The fourth-order valence-corrected chi connectivity index (χ4v) is 1.23. The average molecular weight is 200 g/mol. The maximum absolute atomic E-state index is 5.11. The molecule has 0 atom stereocenters. The molecule has 2 aromatic rings. The Balaban J connectivity index is 2.02. The number of hydrazone groups is 1. The predicted molar refractivity (Wildman–Crippen MR) is 61.1 cm³/mol. The van der Waals surface area contributed by atoms with Crippen molar-refractivity contribution in [2.75, 3.05) is 5.43 Å². The molecule has 3 nitrogen and oxygen atoms in total. The van der Waals surface area contributed by atoms with Crippen LogP contribution in [0, 0.1) is 6.92 Å². The molecule has 0 saturated heterocycles. The van der Waals surface area contributed by atoms with Crippen LogP contribution in [-0.4, -0.2) is 6.21 Å². The van der Waals surface area contributed by atoms with Gasteiger partial charge in [0.1, 0.15) is 5.76 Å². The van der Waals surface area contributed by atoms with Gasteiger partial charge in [0, 0.05) is 0 Å². The van der Waals surface area contributed by atoms with Gasteiger partial charge >= 0.3 is 0 Å². The zero-order valence-corrected chi connectivity index (χ0v) is 8.47. The standard InChI is InChI=1S/C12H12N2O/c1-10-5-2-3-7-12(10)14-13-9-11-6-4-8-15-11/h2-9,14H,1H3/b13-9+. The zero-order chi connectivity index (χ0) is 10.5. The lowest BCUT2D eigenvalue weighted by Crippen LogP contribution is -1.91. The van der Waals surface area contributed by atoms with Gasteiger partial charge in [-0.25, -0.2) is 0 Å². The Hall–Kier alpha value is -2.03. The summed E-state index contributed by atoms with van der Waals surface area (Å²) in [5.41, 5.74) is 5.12. The maximum Gasteiger partial charge on any atom is 0.146 e. The van der Waals surface area contributed by atoms with E-state index in [-0.39, 0.29) is 0 Å². The lowest BCUT2D eigenvalue weighted by Gasteiger charge is -2.02. The van der Waals surface area contributed by atoms with Crippen LogP contribution in [0.4, 0.5) is 5.69 Å². The fourth-order valence-electron chi connectivity index (χ4n) is 1.23. The summed E-state index contributed by atoms with van der Waals surface area (Å²) in [5, 5.41) is 4.08. The summed E-state index contributed by atoms with van der Waals surface area (Å²) in [7, 11) is 0. The van der Waals surface area contributed by atoms with E-state index in [0.29, 0.717) is 0 Å². The molecule has 0 fully saturated rings. The Labute approximate surface area is 88.4 Å². The van der Waals surface area contributed by atoms with Crippen molar-refractivity contribution in [1.29, 1.82) is 0 Å². The smallest absolute Gasteiger partial charge is 0.146 e. The van der Waals surface area contributed by atoms with Crippen molar-refractivity contribution in [1.82, 2.24) is 0 Å². The molecule has 0 spiro atoms. The van der Waals surface area contributed by atoms with Gasteiger partial charge in [-0.15, -0.1) is 0 Å². The Kier molecular flexibility index (Phi) is 2.83. The van der Waals surface area contributed by atoms with Crippen molar-refractivity contribution in [2.24, 2.45) is 5.10 Å². The van der Waals surface area contributed by atoms with E-state index in [1.165, 1.54) is 0 Å². The quantitative estimate of drug-likeness (QED) is 0.610. The minimum absolute atomic E-state index is 0.732. The first kappa shape index (κ1) is 9.52. The Morgan fingerprint density at radius 3 is 2.80 bits per heavy atom. The van der Waals surface area contributed by atoms with E-state index in [0.717, 1.165) is 17.0 Å². The first-order chi connectivity index (χ1) is 7.36. The number of nitrogens with zero attached hydrogens (tertiary/aromatic N) is 1. The monoisotopic (exact) mass is 200 g/mol. The van der Waals surface area contributed by atoms with Crippen LogP contribution >= 0.6 is 0 Å². The second-order valence-electron chi connectivity index (χ2n) is 3.20. The van der Waals surface area contributed by atoms with E-state index in [1.807, 2.05) is 43.3 Å². The summed E-state index contributed by atoms with van der Waals surface area (Å²) in [5.74, 6) is 0.732. The number of nitrogens with one attached hydrogen (secondary N) is 1. The van der Waals surface area contributed by atoms with Crippen LogP contribution in [0.3, 0.4) is 0 Å². The Bertz CT molecular complexity index is 446. The molecule has 1 N–H and O–H groups in total. The number of rotatable bonds is 3. The van der Waals surface area contributed by atoms with Gasteiger partial charge in [0.2, 0.25) is 0 Å². The Morgan fingerprint density at radius 1 is 1.20 bits per heavy atom. The normalized spacial score (nSPS) is 10.7. The van der Waals surface area contributed by atoms with Crippen LogP contribution in [0.2, 0.25) is 0 Å². The van der Waals surface area contributed by atoms with Crippen molar-refractivity contribution < 1.29 is 4.42 Å². The number of hydrogen-bond acceptors (Lipinski definition) is 3. The minimum Gasteiger partial charge on any atom is -0.463 e. The summed E-state index contributed by atoms with van der Waals surface area (Å²) >= 11 is 0. The van der Waals surface area contributed by atoms with Gasteiger partial charge in [0.15, 0.2) is 0 Å². The van der Waals surface area contributed by atoms with Crippen LogP contribution in [-0.2, 0) is 0 Å². The SMILES string of the molecule is Cc1ccccc1N/N=C/c1ccco1. The predicted octanol–water partition coefficient (Wildman–Crippen LogP) is 3.03. The molecule has 0 amide bonds. The average Bonchev–Trinajstić information content (AvgIpc) is 2.74. The lowest BCUT2D eigenvalue weighted by molar-refractivity contribution is 0.560. The molecule has 15 heavy (non-hydrogen) atoms. The van der Waals surface area contributed by atoms with Gasteiger partial charge in [0.05, 0.1) is 18.2 Å². The molecule has 0 unspecified atom stereocenters. The van der Waals surface area contributed by atoms with E-state index in [2.05, 4.69) is 10.5 Å². The van der Waals surface area contributed by atoms with E-state index < -0.39 is 0 Å². The number of para-hydroxylation sites is 1. The minimum atomic E-state index is 0.732. The fraction of sp³-hybridized carbons (Fsp3) is 0.0833. The van der Waals surface area contributed by atoms with Crippen LogP contribution in [0.15, 0.2) is 52.2 Å². The van der Waals surface area contributed by atoms with Crippen molar-refractivity contribution in [2.45, 2.75) is 6.92 Å². The second-order valence-corrected chi connectivity index (χ2v) is 3.20. The van der Waals surface area contributed by atoms with Crippen LogP contribution < -0.4 is 5.43 Å². The number of benzene rings is 1. The highest BCUT2D eigenvalue weighted by atomic mass is 16.3. The maximum atomic E-state index is 5.11. The van der Waals surface area contributed by atoms with E-state index in [1.54, 1.807) is 12.5 Å². The molecule has 76 valence electrons. The number of furan rings is 1. The van der Waals surface area contributed by atoms with Crippen molar-refractivity contribution >= 4 is 11.9 Å². The summed E-state index contributed by atoms with van der Waals surface area (Å²) in [4.78, 5) is 0. The molecule has 0 aliphatic carbocycles. The molecule has 0 aliphatic heterocycles. The molecular formula is C12H12N2O. The first-order valence-electron chi connectivity index (χ1n) is 4.74. The molecule has 1 heterocycles. The van der Waals surface area contributed by atoms with E-state index >= 15 is 0 Å². The third-order valence-corrected chi connectivity index (χ3v) is 2.07. The van der Waals surface area contributed by atoms with Gasteiger partial charge in [-0.2, -0.15) is 5.10 Å². The number of hydrogen-bond donors (Lipinski definition) is 1. The molecular weight excluding hydrogens is 188 g/mol. The summed E-state index contributed by atoms with van der Waals surface area (Å²) < 4.78 is 5.11. The molecule has 0 saturated carbocycles. The first-order valence-corrected chi connectivity index (χ1v) is 4.74. The molecule has 0 bridgehead atoms. The van der Waals surface area contributed by atoms with Gasteiger partial charge in [-0.1, -0.05) is 18.2 Å². The van der Waals surface area contributed by atoms with E-state index in [9.17, 15) is 0 Å². The third kappa shape index (κ3) is 2.47. The molecule has 0 aliphatic rings. The van der Waals surface area contributed by atoms with Crippen molar-refractivity contribution in [3.63, 3.8) is 0 Å². The van der Waals surface area contributed by atoms with Gasteiger partial charge in [-0.05, 0) is 30.7 Å². The summed E-state index contributed by atoms with van der Waals surface area (Å²) in [6.07, 6.45) is 3.27. The van der Waals surface area contributed by atoms with Crippen LogP contribution in [0.25, 0.3) is 0 Å². The highest BCUT2D eigenvalue weighted by molar-refractivity contribution is 5.76. The third-order valence-electron chi connectivity index (χ3n) is 2.07. The molecule has 1 aromatic heterocycles. The second kappa shape index (κ2) is 4.46. The number of aryl methyl sites for hydroxylation is 1. The van der Waals surface area contributed by atoms with Crippen LogP contribution in [0.5, 0.6) is 0 Å². The van der Waals surface area contributed by atoms with Gasteiger partial charge in [0.25, 0.3) is 0 Å². The zero-order valence-electron chi connectivity index (χ0n) is 8.47. The van der Waals surface area contributed by atoms with Crippen molar-refractivity contribution in [3.05, 3.63) is 54.0 Å². The van der Waals surface area contributed by atoms with E-state index in [4.69, 9.17) is 4.42 Å². The topological polar surface area (TPSA) is 37.5 Å². The highest BCUT2D eigenvalue weighted by Gasteiger charge is 1.93. The van der Waals surface area contributed by atoms with Gasteiger partial charge in [-0.3, -0.25) is 5.43 Å². The largest absolute Gasteiger partial charge is 0.463 e. The number of anilines is 1. The molecule has 1 aromatic carbocycles. The molecule has 2 rings (SSSR count). The van der Waals surface area contributed by atoms with Crippen LogP contribution in [0.1, 0.15) is 11.3 Å². The lowest BCUT2D eigenvalue weighted by atomic mass is 10.2. The molecule has 0 radical (unpaired) electrons. The Morgan fingerprint density at radius 2 is 2.07 bits per heavy atom. The summed E-state index contributed by atoms with van der Waals surface area (Å²) in [6, 6.07) is 11.7. The van der Waals surface area contributed by atoms with Crippen molar-refractivity contribution in [3.8, 4) is 0 Å².